The predicted molar refractivity (Wildman–Crippen MR) is 57.5 cm³/mol. The molecule has 0 fully saturated rings. The quantitative estimate of drug-likeness (QED) is 0.358. The molecular weight excluding hydrogens is 241 g/mol. The molecule has 0 radical (unpaired) electrons. The van der Waals surface area contributed by atoms with E-state index in [-0.39, 0.29) is 10.6 Å². The summed E-state index contributed by atoms with van der Waals surface area (Å²) in [5.74, 6) is -1.75. The van der Waals surface area contributed by atoms with Crippen LogP contribution in [0.15, 0.2) is 6.07 Å². The average Bonchev–Trinajstić information content (AvgIpc) is 2.37. The van der Waals surface area contributed by atoms with Crippen LogP contribution in [0.4, 0.5) is 8.78 Å². The summed E-state index contributed by atoms with van der Waals surface area (Å²) in [7, 11) is 0. The fourth-order valence-electron chi connectivity index (χ4n) is 2.00. The number of halogens is 4. The molecule has 1 aromatic rings. The second kappa shape index (κ2) is 4.26. The van der Waals surface area contributed by atoms with Gasteiger partial charge in [-0.05, 0) is 30.9 Å². The first kappa shape index (κ1) is 11.2. The highest BCUT2D eigenvalue weighted by Crippen LogP contribution is 2.39. The number of benzene rings is 1. The third-order valence-corrected chi connectivity index (χ3v) is 3.53. The van der Waals surface area contributed by atoms with Gasteiger partial charge in [-0.1, -0.05) is 18.0 Å². The monoisotopic (exact) mass is 250 g/mol. The molecule has 1 aromatic carbocycles. The Morgan fingerprint density at radius 3 is 2.73 bits per heavy atom. The van der Waals surface area contributed by atoms with Gasteiger partial charge in [-0.25, -0.2) is 8.78 Å². The first-order valence-electron chi connectivity index (χ1n) is 4.91. The number of rotatable bonds is 0. The van der Waals surface area contributed by atoms with Crippen LogP contribution >= 0.6 is 23.2 Å². The maximum atomic E-state index is 13.6. The van der Waals surface area contributed by atoms with Gasteiger partial charge < -0.3 is 0 Å². The lowest BCUT2D eigenvalue weighted by Crippen LogP contribution is -2.02. The summed E-state index contributed by atoms with van der Waals surface area (Å²) < 4.78 is 26.7. The standard InChI is InChI=1S/C11H10Cl2F2/c12-7-4-2-1-3-6-8(13)5-9(14)11(15)10(6)7/h5,7H,1-4H2. The van der Waals surface area contributed by atoms with Crippen molar-refractivity contribution in [1.82, 2.24) is 0 Å². The fourth-order valence-corrected chi connectivity index (χ4v) is 2.68. The molecule has 0 N–H and O–H groups in total. The Morgan fingerprint density at radius 2 is 2.00 bits per heavy atom. The normalized spacial score (nSPS) is 20.9. The lowest BCUT2D eigenvalue weighted by Gasteiger charge is -2.13. The van der Waals surface area contributed by atoms with Crippen molar-refractivity contribution in [3.05, 3.63) is 33.9 Å². The van der Waals surface area contributed by atoms with Crippen LogP contribution in [0.3, 0.4) is 0 Å². The summed E-state index contributed by atoms with van der Waals surface area (Å²) in [5, 5.41) is -0.174. The van der Waals surface area contributed by atoms with Crippen LogP contribution in [0.1, 0.15) is 35.8 Å². The topological polar surface area (TPSA) is 0 Å². The Kier molecular flexibility index (Phi) is 3.17. The fraction of sp³-hybridized carbons (Fsp3) is 0.455. The van der Waals surface area contributed by atoms with E-state index >= 15 is 0 Å². The molecule has 0 aromatic heterocycles. The number of fused-ring (bicyclic) bond motifs is 1. The molecular formula is C11H10Cl2F2. The van der Waals surface area contributed by atoms with Gasteiger partial charge in [0.05, 0.1) is 5.38 Å². The van der Waals surface area contributed by atoms with Crippen LogP contribution in [0.5, 0.6) is 0 Å². The predicted octanol–water partition coefficient (Wildman–Crippen LogP) is 4.62. The number of hydrogen-bond donors (Lipinski definition) is 0. The number of alkyl halides is 1. The van der Waals surface area contributed by atoms with Crippen LogP contribution in [-0.2, 0) is 6.42 Å². The number of hydrogen-bond acceptors (Lipinski definition) is 0. The van der Waals surface area contributed by atoms with Crippen molar-refractivity contribution in [2.24, 2.45) is 0 Å². The molecule has 0 amide bonds. The van der Waals surface area contributed by atoms with Crippen molar-refractivity contribution in [2.45, 2.75) is 31.1 Å². The van der Waals surface area contributed by atoms with Gasteiger partial charge in [-0.2, -0.15) is 0 Å². The van der Waals surface area contributed by atoms with Gasteiger partial charge in [0.1, 0.15) is 0 Å². The highest BCUT2D eigenvalue weighted by Gasteiger charge is 2.25. The Balaban J connectivity index is 2.63. The molecule has 1 aliphatic carbocycles. The van der Waals surface area contributed by atoms with Crippen molar-refractivity contribution in [2.75, 3.05) is 0 Å². The highest BCUT2D eigenvalue weighted by atomic mass is 35.5. The zero-order valence-electron chi connectivity index (χ0n) is 7.99. The van der Waals surface area contributed by atoms with E-state index in [2.05, 4.69) is 0 Å². The molecule has 0 bridgehead atoms. The van der Waals surface area contributed by atoms with Crippen LogP contribution in [0, 0.1) is 11.6 Å². The summed E-state index contributed by atoms with van der Waals surface area (Å²) in [6.45, 7) is 0. The SMILES string of the molecule is Fc1cc(Cl)c2c(c1F)C(Cl)CCCC2. The molecule has 1 atom stereocenters. The Labute approximate surface area is 97.2 Å². The molecule has 82 valence electrons. The molecule has 15 heavy (non-hydrogen) atoms. The van der Waals surface area contributed by atoms with Crippen molar-refractivity contribution < 1.29 is 8.78 Å². The third-order valence-electron chi connectivity index (χ3n) is 2.76. The summed E-state index contributed by atoms with van der Waals surface area (Å²) in [5.41, 5.74) is 0.937. The lowest BCUT2D eigenvalue weighted by atomic mass is 10.0. The molecule has 0 spiro atoms. The smallest absolute Gasteiger partial charge is 0.163 e. The molecule has 0 saturated carbocycles. The first-order chi connectivity index (χ1) is 7.11. The minimum Gasteiger partial charge on any atom is -0.204 e. The molecule has 0 aliphatic heterocycles. The van der Waals surface area contributed by atoms with E-state index in [0.717, 1.165) is 18.9 Å². The van der Waals surface area contributed by atoms with Gasteiger partial charge in [-0.15, -0.1) is 11.6 Å². The van der Waals surface area contributed by atoms with E-state index in [1.807, 2.05) is 0 Å². The minimum absolute atomic E-state index is 0.263. The summed E-state index contributed by atoms with van der Waals surface area (Å²) >= 11 is 11.9. The molecule has 1 aliphatic rings. The van der Waals surface area contributed by atoms with Crippen LogP contribution in [-0.4, -0.2) is 0 Å². The molecule has 0 heterocycles. The van der Waals surface area contributed by atoms with Crippen molar-refractivity contribution in [3.8, 4) is 0 Å². The van der Waals surface area contributed by atoms with E-state index < -0.39 is 17.0 Å². The highest BCUT2D eigenvalue weighted by molar-refractivity contribution is 6.31. The van der Waals surface area contributed by atoms with E-state index in [0.29, 0.717) is 18.4 Å². The molecule has 0 saturated heterocycles. The maximum absolute atomic E-state index is 13.6. The van der Waals surface area contributed by atoms with Crippen molar-refractivity contribution in [3.63, 3.8) is 0 Å². The molecule has 0 nitrogen and oxygen atoms in total. The van der Waals surface area contributed by atoms with Crippen molar-refractivity contribution >= 4 is 23.2 Å². The second-order valence-corrected chi connectivity index (χ2v) is 4.69. The summed E-state index contributed by atoms with van der Waals surface area (Å²) in [4.78, 5) is 0. The molecule has 4 heteroatoms. The minimum atomic E-state index is -0.911. The first-order valence-corrected chi connectivity index (χ1v) is 5.73. The Hall–Kier alpha value is -0.340. The summed E-state index contributed by atoms with van der Waals surface area (Å²) in [6, 6.07) is 1.03. The van der Waals surface area contributed by atoms with E-state index in [9.17, 15) is 8.78 Å². The molecule has 2 rings (SSSR count). The van der Waals surface area contributed by atoms with Crippen LogP contribution in [0.2, 0.25) is 5.02 Å². The Morgan fingerprint density at radius 1 is 1.27 bits per heavy atom. The average molecular weight is 251 g/mol. The van der Waals surface area contributed by atoms with E-state index in [1.165, 1.54) is 0 Å². The van der Waals surface area contributed by atoms with E-state index in [1.54, 1.807) is 0 Å². The zero-order chi connectivity index (χ0) is 11.0. The zero-order valence-corrected chi connectivity index (χ0v) is 9.51. The Bertz CT molecular complexity index is 391. The van der Waals surface area contributed by atoms with Crippen molar-refractivity contribution in [1.29, 1.82) is 0 Å². The largest absolute Gasteiger partial charge is 0.204 e. The second-order valence-electron chi connectivity index (χ2n) is 3.76. The third kappa shape index (κ3) is 1.98. The van der Waals surface area contributed by atoms with E-state index in [4.69, 9.17) is 23.2 Å². The van der Waals surface area contributed by atoms with Gasteiger partial charge >= 0.3 is 0 Å². The van der Waals surface area contributed by atoms with Crippen LogP contribution < -0.4 is 0 Å². The van der Waals surface area contributed by atoms with Gasteiger partial charge in [0.2, 0.25) is 0 Å². The van der Waals surface area contributed by atoms with Crippen LogP contribution in [0.25, 0.3) is 0 Å². The summed E-state index contributed by atoms with van der Waals surface area (Å²) in [6.07, 6.45) is 3.18. The van der Waals surface area contributed by atoms with Gasteiger partial charge in [-0.3, -0.25) is 0 Å². The maximum Gasteiger partial charge on any atom is 0.163 e. The lowest BCUT2D eigenvalue weighted by molar-refractivity contribution is 0.495. The molecule has 1 unspecified atom stereocenters. The van der Waals surface area contributed by atoms with Gasteiger partial charge in [0, 0.05) is 10.6 Å². The van der Waals surface area contributed by atoms with Gasteiger partial charge in [0.25, 0.3) is 0 Å². The van der Waals surface area contributed by atoms with Gasteiger partial charge in [0.15, 0.2) is 11.6 Å².